The fourth-order valence-corrected chi connectivity index (χ4v) is 4.91. The molecule has 4 heteroatoms. The van der Waals surface area contributed by atoms with Gasteiger partial charge in [-0.05, 0) is 96.0 Å². The summed E-state index contributed by atoms with van der Waals surface area (Å²) in [6, 6.07) is 19.0. The van der Waals surface area contributed by atoms with E-state index in [0.29, 0.717) is 36.7 Å². The molecule has 1 aliphatic carbocycles. The van der Waals surface area contributed by atoms with Gasteiger partial charge >= 0.3 is 0 Å². The van der Waals surface area contributed by atoms with Crippen molar-refractivity contribution in [1.82, 2.24) is 0 Å². The molecule has 3 aromatic carbocycles. The van der Waals surface area contributed by atoms with Crippen molar-refractivity contribution in [3.63, 3.8) is 0 Å². The second-order valence-corrected chi connectivity index (χ2v) is 10.9. The van der Waals surface area contributed by atoms with E-state index in [1.54, 1.807) is 26.2 Å². The number of ketones is 1. The minimum atomic E-state index is -0.282. The molecule has 0 aliphatic heterocycles. The van der Waals surface area contributed by atoms with Crippen LogP contribution in [0, 0.1) is 17.2 Å². The van der Waals surface area contributed by atoms with Gasteiger partial charge in [-0.15, -0.1) is 6.58 Å². The molecule has 0 saturated heterocycles. The summed E-state index contributed by atoms with van der Waals surface area (Å²) in [5.41, 5.74) is 4.41. The standard InChI is InChI=1S/C33H37FO3/c1-6-33(3,4)20-26-17-23(10-14-29(26)31-19-27(36-5)13-15-32(31)34)21-37-28-9-7-8-25(18-28)30(16-22(2)35)24-11-12-24/h6-10,13-15,17-19,24,30H,1,11-12,16,20-21H2,2-5H3. The summed E-state index contributed by atoms with van der Waals surface area (Å²) in [6.07, 6.45) is 5.60. The average molecular weight is 501 g/mol. The fourth-order valence-electron chi connectivity index (χ4n) is 4.91. The maximum atomic E-state index is 14.9. The van der Waals surface area contributed by atoms with Crippen LogP contribution in [0.4, 0.5) is 4.39 Å². The van der Waals surface area contributed by atoms with Crippen molar-refractivity contribution in [2.75, 3.05) is 7.11 Å². The van der Waals surface area contributed by atoms with Crippen LogP contribution in [-0.2, 0) is 17.8 Å². The Kier molecular flexibility index (Phi) is 8.16. The topological polar surface area (TPSA) is 35.5 Å². The van der Waals surface area contributed by atoms with Gasteiger partial charge in [0.05, 0.1) is 7.11 Å². The van der Waals surface area contributed by atoms with Crippen LogP contribution in [0.5, 0.6) is 11.5 Å². The van der Waals surface area contributed by atoms with Crippen molar-refractivity contribution in [2.24, 2.45) is 11.3 Å². The Bertz CT molecular complexity index is 1270. The molecule has 0 spiro atoms. The van der Waals surface area contributed by atoms with Crippen LogP contribution in [0.3, 0.4) is 0 Å². The van der Waals surface area contributed by atoms with Crippen molar-refractivity contribution in [1.29, 1.82) is 0 Å². The van der Waals surface area contributed by atoms with E-state index >= 15 is 0 Å². The normalized spacial score (nSPS) is 14.2. The van der Waals surface area contributed by atoms with Gasteiger partial charge in [-0.1, -0.05) is 50.3 Å². The molecule has 0 aromatic heterocycles. The molecule has 1 saturated carbocycles. The summed E-state index contributed by atoms with van der Waals surface area (Å²) in [4.78, 5) is 11.8. The largest absolute Gasteiger partial charge is 0.497 e. The van der Waals surface area contributed by atoms with Gasteiger partial charge in [-0.3, -0.25) is 0 Å². The number of methoxy groups -OCH3 is 1. The van der Waals surface area contributed by atoms with E-state index in [4.69, 9.17) is 9.47 Å². The third-order valence-corrected chi connectivity index (χ3v) is 7.22. The quantitative estimate of drug-likeness (QED) is 0.235. The molecule has 0 heterocycles. The minimum Gasteiger partial charge on any atom is -0.497 e. The lowest BCUT2D eigenvalue weighted by Gasteiger charge is -2.23. The maximum absolute atomic E-state index is 14.9. The van der Waals surface area contributed by atoms with Crippen LogP contribution in [-0.4, -0.2) is 12.9 Å². The second kappa shape index (κ2) is 11.3. The van der Waals surface area contributed by atoms with E-state index in [2.05, 4.69) is 38.6 Å². The molecule has 194 valence electrons. The molecule has 3 aromatic rings. The zero-order valence-electron chi connectivity index (χ0n) is 22.4. The fraction of sp³-hybridized carbons (Fsp3) is 0.364. The Hall–Kier alpha value is -3.40. The Morgan fingerprint density at radius 3 is 2.54 bits per heavy atom. The molecule has 37 heavy (non-hydrogen) atoms. The van der Waals surface area contributed by atoms with Gasteiger partial charge in [-0.25, -0.2) is 4.39 Å². The molecule has 1 atom stereocenters. The first-order valence-electron chi connectivity index (χ1n) is 13.0. The highest BCUT2D eigenvalue weighted by Gasteiger charge is 2.33. The van der Waals surface area contributed by atoms with Crippen molar-refractivity contribution in [2.45, 2.75) is 59.0 Å². The van der Waals surface area contributed by atoms with E-state index in [0.717, 1.165) is 22.4 Å². The first-order valence-corrected chi connectivity index (χ1v) is 13.0. The number of rotatable bonds is 12. The summed E-state index contributed by atoms with van der Waals surface area (Å²) in [5.74, 6) is 2.22. The van der Waals surface area contributed by atoms with Gasteiger partial charge in [0.25, 0.3) is 0 Å². The molecule has 0 amide bonds. The summed E-state index contributed by atoms with van der Waals surface area (Å²) < 4.78 is 26.4. The smallest absolute Gasteiger partial charge is 0.131 e. The lowest BCUT2D eigenvalue weighted by atomic mass is 9.82. The summed E-state index contributed by atoms with van der Waals surface area (Å²) in [5, 5.41) is 0. The minimum absolute atomic E-state index is 0.160. The number of carbonyl (C=O) groups is 1. The molecule has 3 nitrogen and oxygen atoms in total. The third kappa shape index (κ3) is 6.88. The highest BCUT2D eigenvalue weighted by Crippen LogP contribution is 2.45. The SMILES string of the molecule is C=CC(C)(C)Cc1cc(COc2cccc(C(CC(C)=O)C3CC3)c2)ccc1-c1cc(OC)ccc1F. The van der Waals surface area contributed by atoms with E-state index < -0.39 is 0 Å². The van der Waals surface area contributed by atoms with Crippen LogP contribution in [0.15, 0.2) is 73.3 Å². The predicted molar refractivity (Wildman–Crippen MR) is 148 cm³/mol. The number of benzene rings is 3. The zero-order chi connectivity index (χ0) is 26.6. The number of carbonyl (C=O) groups excluding carboxylic acids is 1. The van der Waals surface area contributed by atoms with Crippen LogP contribution in [0.25, 0.3) is 11.1 Å². The van der Waals surface area contributed by atoms with Crippen molar-refractivity contribution >= 4 is 5.78 Å². The van der Waals surface area contributed by atoms with Crippen LogP contribution in [0.1, 0.15) is 62.6 Å². The summed E-state index contributed by atoms with van der Waals surface area (Å²) in [7, 11) is 1.58. The van der Waals surface area contributed by atoms with E-state index in [-0.39, 0.29) is 22.9 Å². The number of Topliss-reactive ketones (excluding diaryl/α,β-unsaturated/α-hetero) is 1. The summed E-state index contributed by atoms with van der Waals surface area (Å²) >= 11 is 0. The highest BCUT2D eigenvalue weighted by atomic mass is 19.1. The first kappa shape index (κ1) is 26.7. The number of allylic oxidation sites excluding steroid dienone is 1. The molecular formula is C33H37FO3. The molecular weight excluding hydrogens is 463 g/mol. The Morgan fingerprint density at radius 2 is 1.86 bits per heavy atom. The van der Waals surface area contributed by atoms with Gasteiger partial charge < -0.3 is 14.3 Å². The molecule has 0 radical (unpaired) electrons. The molecule has 4 rings (SSSR count). The third-order valence-electron chi connectivity index (χ3n) is 7.22. The molecule has 0 N–H and O–H groups in total. The van der Waals surface area contributed by atoms with Gasteiger partial charge in [0.2, 0.25) is 0 Å². The Balaban J connectivity index is 1.59. The molecule has 1 fully saturated rings. The zero-order valence-corrected chi connectivity index (χ0v) is 22.4. The monoisotopic (exact) mass is 500 g/mol. The lowest BCUT2D eigenvalue weighted by molar-refractivity contribution is -0.117. The Morgan fingerprint density at radius 1 is 1.08 bits per heavy atom. The molecule has 1 aliphatic rings. The Labute approximate surface area is 220 Å². The average Bonchev–Trinajstić information content (AvgIpc) is 3.72. The highest BCUT2D eigenvalue weighted by molar-refractivity contribution is 5.76. The molecule has 1 unspecified atom stereocenters. The van der Waals surface area contributed by atoms with Gasteiger partial charge in [0, 0.05) is 12.0 Å². The van der Waals surface area contributed by atoms with E-state index in [9.17, 15) is 9.18 Å². The number of hydrogen-bond acceptors (Lipinski definition) is 3. The van der Waals surface area contributed by atoms with Crippen molar-refractivity contribution in [3.8, 4) is 22.6 Å². The van der Waals surface area contributed by atoms with Gasteiger partial charge in [0.15, 0.2) is 0 Å². The van der Waals surface area contributed by atoms with Gasteiger partial charge in [0.1, 0.15) is 29.7 Å². The predicted octanol–water partition coefficient (Wildman–Crippen LogP) is 8.31. The number of halogens is 1. The van der Waals surface area contributed by atoms with E-state index in [1.807, 2.05) is 30.3 Å². The second-order valence-electron chi connectivity index (χ2n) is 10.9. The first-order chi connectivity index (χ1) is 17.7. The number of hydrogen-bond donors (Lipinski definition) is 0. The van der Waals surface area contributed by atoms with Crippen LogP contribution in [0.2, 0.25) is 0 Å². The van der Waals surface area contributed by atoms with Gasteiger partial charge in [-0.2, -0.15) is 0 Å². The number of ether oxygens (including phenoxy) is 2. The molecule has 0 bridgehead atoms. The van der Waals surface area contributed by atoms with E-state index in [1.165, 1.54) is 24.5 Å². The van der Waals surface area contributed by atoms with Crippen LogP contribution >= 0.6 is 0 Å². The van der Waals surface area contributed by atoms with Crippen molar-refractivity contribution < 1.29 is 18.7 Å². The van der Waals surface area contributed by atoms with Crippen molar-refractivity contribution in [3.05, 3.63) is 95.8 Å². The maximum Gasteiger partial charge on any atom is 0.131 e. The summed E-state index contributed by atoms with van der Waals surface area (Å²) in [6.45, 7) is 10.3. The lowest BCUT2D eigenvalue weighted by Crippen LogP contribution is -2.12. The van der Waals surface area contributed by atoms with Crippen LogP contribution < -0.4 is 9.47 Å².